The molecule has 0 heterocycles. The lowest BCUT2D eigenvalue weighted by atomic mass is 9.83. The van der Waals surface area contributed by atoms with Crippen LogP contribution in [0.4, 0.5) is 8.78 Å². The molecule has 0 radical (unpaired) electrons. The first kappa shape index (κ1) is 13.2. The zero-order chi connectivity index (χ0) is 13.2. The van der Waals surface area contributed by atoms with E-state index in [0.29, 0.717) is 18.0 Å². The molecule has 1 aromatic carbocycles. The van der Waals surface area contributed by atoms with Crippen molar-refractivity contribution in [3.05, 3.63) is 48.1 Å². The summed E-state index contributed by atoms with van der Waals surface area (Å²) >= 11 is 0. The van der Waals surface area contributed by atoms with E-state index in [0.717, 1.165) is 12.6 Å². The van der Waals surface area contributed by atoms with Crippen molar-refractivity contribution in [1.82, 2.24) is 5.32 Å². The summed E-state index contributed by atoms with van der Waals surface area (Å²) in [4.78, 5) is 0. The van der Waals surface area contributed by atoms with Gasteiger partial charge >= 0.3 is 0 Å². The normalized spacial score (nSPS) is 18.4. The van der Waals surface area contributed by atoms with Crippen molar-refractivity contribution in [1.29, 1.82) is 0 Å². The molecule has 1 unspecified atom stereocenters. The van der Waals surface area contributed by atoms with Crippen LogP contribution in [-0.4, -0.2) is 12.6 Å². The van der Waals surface area contributed by atoms with Crippen molar-refractivity contribution in [2.24, 2.45) is 5.41 Å². The Morgan fingerprint density at radius 3 is 2.44 bits per heavy atom. The zero-order valence-electron chi connectivity index (χ0n) is 10.7. The third-order valence-corrected chi connectivity index (χ3v) is 3.40. The van der Waals surface area contributed by atoms with Gasteiger partial charge in [-0.25, -0.2) is 8.78 Å². The van der Waals surface area contributed by atoms with Crippen LogP contribution in [0.2, 0.25) is 0 Å². The monoisotopic (exact) mass is 251 g/mol. The Labute approximate surface area is 107 Å². The number of halogens is 2. The number of nitrogens with one attached hydrogen (secondary N) is 1. The fourth-order valence-electron chi connectivity index (χ4n) is 2.05. The standard InChI is InChI=1S/C15H19F2N/c1-3-15(2,10-18-14-4-5-14)9-11-6-12(16)8-13(17)7-11/h3,6-8,14,18H,1,4-5,9-10H2,2H3. The number of hydrogen-bond acceptors (Lipinski definition) is 1. The summed E-state index contributed by atoms with van der Waals surface area (Å²) in [5, 5.41) is 3.44. The SMILES string of the molecule is C=CC(C)(CNC1CC1)Cc1cc(F)cc(F)c1. The van der Waals surface area contributed by atoms with Crippen molar-refractivity contribution in [2.45, 2.75) is 32.2 Å². The molecule has 1 N–H and O–H groups in total. The quantitative estimate of drug-likeness (QED) is 0.764. The molecule has 1 fully saturated rings. The van der Waals surface area contributed by atoms with Crippen LogP contribution < -0.4 is 5.32 Å². The van der Waals surface area contributed by atoms with Crippen LogP contribution in [0.15, 0.2) is 30.9 Å². The summed E-state index contributed by atoms with van der Waals surface area (Å²) in [5.74, 6) is -1.04. The molecule has 0 amide bonds. The molecule has 3 heteroatoms. The Bertz CT molecular complexity index is 420. The van der Waals surface area contributed by atoms with E-state index >= 15 is 0 Å². The van der Waals surface area contributed by atoms with E-state index in [1.165, 1.54) is 25.0 Å². The minimum atomic E-state index is -0.522. The highest BCUT2D eigenvalue weighted by molar-refractivity contribution is 5.20. The van der Waals surface area contributed by atoms with Gasteiger partial charge in [-0.1, -0.05) is 13.0 Å². The van der Waals surface area contributed by atoms with Gasteiger partial charge in [0, 0.05) is 24.1 Å². The summed E-state index contributed by atoms with van der Waals surface area (Å²) < 4.78 is 26.3. The van der Waals surface area contributed by atoms with Crippen LogP contribution in [-0.2, 0) is 6.42 Å². The van der Waals surface area contributed by atoms with E-state index in [1.807, 2.05) is 6.08 Å². The first-order valence-corrected chi connectivity index (χ1v) is 6.33. The largest absolute Gasteiger partial charge is 0.313 e. The van der Waals surface area contributed by atoms with E-state index in [1.54, 1.807) is 0 Å². The van der Waals surface area contributed by atoms with Gasteiger partial charge in [0.25, 0.3) is 0 Å². The van der Waals surface area contributed by atoms with Crippen LogP contribution in [0.1, 0.15) is 25.3 Å². The highest BCUT2D eigenvalue weighted by Gasteiger charge is 2.26. The average Bonchev–Trinajstić information content (AvgIpc) is 3.09. The second kappa shape index (κ2) is 5.19. The zero-order valence-corrected chi connectivity index (χ0v) is 10.7. The highest BCUT2D eigenvalue weighted by Crippen LogP contribution is 2.26. The maximum Gasteiger partial charge on any atom is 0.126 e. The smallest absolute Gasteiger partial charge is 0.126 e. The average molecular weight is 251 g/mol. The van der Waals surface area contributed by atoms with Crippen molar-refractivity contribution in [2.75, 3.05) is 6.54 Å². The molecule has 0 bridgehead atoms. The minimum absolute atomic E-state index is 0.178. The summed E-state index contributed by atoms with van der Waals surface area (Å²) in [6.45, 7) is 6.69. The third-order valence-electron chi connectivity index (χ3n) is 3.40. The molecule has 1 aliphatic rings. The Balaban J connectivity index is 2.04. The molecule has 0 spiro atoms. The van der Waals surface area contributed by atoms with E-state index < -0.39 is 11.6 Å². The summed E-state index contributed by atoms with van der Waals surface area (Å²) in [6.07, 6.45) is 4.90. The van der Waals surface area contributed by atoms with E-state index in [2.05, 4.69) is 18.8 Å². The number of hydrogen-bond donors (Lipinski definition) is 1. The van der Waals surface area contributed by atoms with E-state index in [-0.39, 0.29) is 5.41 Å². The summed E-state index contributed by atoms with van der Waals surface area (Å²) in [5.41, 5.74) is 0.496. The summed E-state index contributed by atoms with van der Waals surface area (Å²) in [6, 6.07) is 4.30. The van der Waals surface area contributed by atoms with Gasteiger partial charge in [-0.2, -0.15) is 0 Å². The van der Waals surface area contributed by atoms with Gasteiger partial charge in [0.15, 0.2) is 0 Å². The van der Waals surface area contributed by atoms with Gasteiger partial charge in [0.1, 0.15) is 11.6 Å². The van der Waals surface area contributed by atoms with Gasteiger partial charge in [-0.05, 0) is 37.0 Å². The minimum Gasteiger partial charge on any atom is -0.313 e. The number of benzene rings is 1. The van der Waals surface area contributed by atoms with Crippen LogP contribution in [0.25, 0.3) is 0 Å². The third kappa shape index (κ3) is 3.64. The van der Waals surface area contributed by atoms with Gasteiger partial charge in [0.2, 0.25) is 0 Å². The number of rotatable bonds is 6. The molecular weight excluding hydrogens is 232 g/mol. The predicted molar refractivity (Wildman–Crippen MR) is 69.4 cm³/mol. The van der Waals surface area contributed by atoms with Gasteiger partial charge in [-0.15, -0.1) is 6.58 Å². The Hall–Kier alpha value is -1.22. The molecule has 2 rings (SSSR count). The fraction of sp³-hybridized carbons (Fsp3) is 0.467. The fourth-order valence-corrected chi connectivity index (χ4v) is 2.05. The van der Waals surface area contributed by atoms with Crippen molar-refractivity contribution >= 4 is 0 Å². The second-order valence-electron chi connectivity index (χ2n) is 5.47. The molecule has 1 aromatic rings. The van der Waals surface area contributed by atoms with E-state index in [9.17, 15) is 8.78 Å². The molecule has 18 heavy (non-hydrogen) atoms. The molecule has 98 valence electrons. The maximum absolute atomic E-state index is 13.1. The molecule has 1 nitrogen and oxygen atoms in total. The molecule has 0 aromatic heterocycles. The first-order chi connectivity index (χ1) is 8.50. The molecule has 1 aliphatic carbocycles. The second-order valence-corrected chi connectivity index (χ2v) is 5.47. The van der Waals surface area contributed by atoms with Gasteiger partial charge < -0.3 is 5.32 Å². The Morgan fingerprint density at radius 1 is 1.33 bits per heavy atom. The topological polar surface area (TPSA) is 12.0 Å². The van der Waals surface area contributed by atoms with Crippen molar-refractivity contribution < 1.29 is 8.78 Å². The van der Waals surface area contributed by atoms with Gasteiger partial charge in [0.05, 0.1) is 0 Å². The lowest BCUT2D eigenvalue weighted by Gasteiger charge is -2.26. The molecule has 1 atom stereocenters. The summed E-state index contributed by atoms with van der Waals surface area (Å²) in [7, 11) is 0. The maximum atomic E-state index is 13.1. The molecular formula is C15H19F2N. The van der Waals surface area contributed by atoms with Gasteiger partial charge in [-0.3, -0.25) is 0 Å². The Morgan fingerprint density at radius 2 is 1.94 bits per heavy atom. The first-order valence-electron chi connectivity index (χ1n) is 6.33. The van der Waals surface area contributed by atoms with Crippen LogP contribution >= 0.6 is 0 Å². The van der Waals surface area contributed by atoms with Crippen LogP contribution in [0.5, 0.6) is 0 Å². The van der Waals surface area contributed by atoms with E-state index in [4.69, 9.17) is 0 Å². The Kier molecular flexibility index (Phi) is 3.81. The van der Waals surface area contributed by atoms with Crippen molar-refractivity contribution in [3.8, 4) is 0 Å². The van der Waals surface area contributed by atoms with Crippen LogP contribution in [0.3, 0.4) is 0 Å². The molecule has 1 saturated carbocycles. The lowest BCUT2D eigenvalue weighted by Crippen LogP contribution is -2.33. The van der Waals surface area contributed by atoms with Crippen molar-refractivity contribution in [3.63, 3.8) is 0 Å². The van der Waals surface area contributed by atoms with Crippen LogP contribution in [0, 0.1) is 17.0 Å². The lowest BCUT2D eigenvalue weighted by molar-refractivity contribution is 0.388. The molecule has 0 saturated heterocycles. The molecule has 0 aliphatic heterocycles. The highest BCUT2D eigenvalue weighted by atomic mass is 19.1. The predicted octanol–water partition coefficient (Wildman–Crippen LogP) is 3.45.